The molecule has 0 heterocycles. The van der Waals surface area contributed by atoms with Gasteiger partial charge in [-0.15, -0.1) is 11.8 Å². The van der Waals surface area contributed by atoms with Crippen LogP contribution >= 0.6 is 11.8 Å². The minimum Gasteiger partial charge on any atom is -0.387 e. The third kappa shape index (κ3) is 3.45. The van der Waals surface area contributed by atoms with Crippen molar-refractivity contribution in [3.05, 3.63) is 77.9 Å². The summed E-state index contributed by atoms with van der Waals surface area (Å²) in [6.45, 7) is 0.176. The Morgan fingerprint density at radius 2 is 1.75 bits per heavy atom. The van der Waals surface area contributed by atoms with Gasteiger partial charge in [0, 0.05) is 11.4 Å². The molecule has 0 spiro atoms. The maximum atomic E-state index is 12.4. The summed E-state index contributed by atoms with van der Waals surface area (Å²) < 4.78 is 0. The number of carbonyl (C=O) groups is 1. The van der Waals surface area contributed by atoms with Gasteiger partial charge in [-0.25, -0.2) is 0 Å². The van der Waals surface area contributed by atoms with E-state index in [1.54, 1.807) is 6.07 Å². The van der Waals surface area contributed by atoms with Gasteiger partial charge in [-0.1, -0.05) is 54.6 Å². The predicted octanol–water partition coefficient (Wildman–Crippen LogP) is 4.03. The molecule has 3 aromatic carbocycles. The number of thioether (sulfide) groups is 1. The Bertz CT molecular complexity index is 858. The van der Waals surface area contributed by atoms with Gasteiger partial charge in [0.05, 0.1) is 11.7 Å². The molecule has 0 saturated carbocycles. The zero-order valence-corrected chi connectivity index (χ0v) is 14.2. The van der Waals surface area contributed by atoms with E-state index in [9.17, 15) is 9.90 Å². The van der Waals surface area contributed by atoms with Crippen LogP contribution in [-0.2, 0) is 0 Å². The average molecular weight is 337 g/mol. The molecule has 3 rings (SSSR count). The van der Waals surface area contributed by atoms with E-state index >= 15 is 0 Å². The fourth-order valence-electron chi connectivity index (χ4n) is 2.77. The molecule has 2 N–H and O–H groups in total. The lowest BCUT2D eigenvalue weighted by Gasteiger charge is -2.15. The van der Waals surface area contributed by atoms with Gasteiger partial charge < -0.3 is 10.4 Å². The summed E-state index contributed by atoms with van der Waals surface area (Å²) in [5.74, 6) is -0.167. The van der Waals surface area contributed by atoms with E-state index in [2.05, 4.69) is 5.32 Å². The van der Waals surface area contributed by atoms with E-state index in [1.807, 2.05) is 66.9 Å². The minimum atomic E-state index is -0.749. The summed E-state index contributed by atoms with van der Waals surface area (Å²) >= 11 is 1.53. The number of aliphatic hydroxyl groups is 1. The van der Waals surface area contributed by atoms with E-state index in [-0.39, 0.29) is 12.5 Å². The van der Waals surface area contributed by atoms with Gasteiger partial charge in [0.25, 0.3) is 5.91 Å². The first-order valence-electron chi connectivity index (χ1n) is 7.77. The van der Waals surface area contributed by atoms with Crippen LogP contribution in [0.5, 0.6) is 0 Å². The first kappa shape index (κ1) is 16.6. The van der Waals surface area contributed by atoms with Gasteiger partial charge >= 0.3 is 0 Å². The van der Waals surface area contributed by atoms with Gasteiger partial charge in [-0.3, -0.25) is 4.79 Å². The van der Waals surface area contributed by atoms with E-state index in [4.69, 9.17) is 0 Å². The second kappa shape index (κ2) is 7.51. The smallest absolute Gasteiger partial charge is 0.252 e. The first-order chi connectivity index (χ1) is 11.7. The molecule has 1 atom stereocenters. The number of fused-ring (bicyclic) bond motifs is 1. The highest BCUT2D eigenvalue weighted by atomic mass is 32.2. The van der Waals surface area contributed by atoms with Crippen LogP contribution < -0.4 is 5.32 Å². The van der Waals surface area contributed by atoms with Crippen LogP contribution in [0.4, 0.5) is 0 Å². The Balaban J connectivity index is 1.75. The molecule has 1 unspecified atom stereocenters. The average Bonchev–Trinajstić information content (AvgIpc) is 2.65. The largest absolute Gasteiger partial charge is 0.387 e. The standard InChI is InChI=1S/C20H19NO2S/c1-24-19-12-5-4-10-17(19)20(23)21-13-18(22)16-11-6-8-14-7-2-3-9-15(14)16/h2-12,18,22H,13H2,1H3,(H,21,23). The molecular formula is C20H19NO2S. The van der Waals surface area contributed by atoms with Crippen molar-refractivity contribution in [3.8, 4) is 0 Å². The molecule has 122 valence electrons. The third-order valence-corrected chi connectivity index (χ3v) is 4.79. The van der Waals surface area contributed by atoms with Crippen molar-refractivity contribution >= 4 is 28.4 Å². The van der Waals surface area contributed by atoms with Crippen molar-refractivity contribution < 1.29 is 9.90 Å². The maximum Gasteiger partial charge on any atom is 0.252 e. The lowest BCUT2D eigenvalue weighted by molar-refractivity contribution is 0.0914. The summed E-state index contributed by atoms with van der Waals surface area (Å²) in [5.41, 5.74) is 1.46. The Morgan fingerprint density at radius 3 is 2.58 bits per heavy atom. The number of hydrogen-bond donors (Lipinski definition) is 2. The highest BCUT2D eigenvalue weighted by molar-refractivity contribution is 7.98. The zero-order chi connectivity index (χ0) is 16.9. The Labute approximate surface area is 145 Å². The monoisotopic (exact) mass is 337 g/mol. The second-order valence-corrected chi connectivity index (χ2v) is 6.34. The van der Waals surface area contributed by atoms with Crippen LogP contribution in [0.15, 0.2) is 71.6 Å². The number of amides is 1. The van der Waals surface area contributed by atoms with Crippen LogP contribution in [0.25, 0.3) is 10.8 Å². The summed E-state index contributed by atoms with van der Waals surface area (Å²) in [6.07, 6.45) is 1.19. The third-order valence-electron chi connectivity index (χ3n) is 3.99. The molecule has 3 aromatic rings. The van der Waals surface area contributed by atoms with Gasteiger partial charge in [0.1, 0.15) is 0 Å². The Kier molecular flexibility index (Phi) is 5.18. The molecule has 1 amide bonds. The van der Waals surface area contributed by atoms with E-state index < -0.39 is 6.10 Å². The van der Waals surface area contributed by atoms with Crippen molar-refractivity contribution in [3.63, 3.8) is 0 Å². The number of aliphatic hydroxyl groups excluding tert-OH is 1. The zero-order valence-electron chi connectivity index (χ0n) is 13.4. The number of hydrogen-bond acceptors (Lipinski definition) is 3. The first-order valence-corrected chi connectivity index (χ1v) is 9.00. The summed E-state index contributed by atoms with van der Waals surface area (Å²) in [7, 11) is 0. The molecule has 0 aromatic heterocycles. The molecule has 0 radical (unpaired) electrons. The summed E-state index contributed by atoms with van der Waals surface area (Å²) in [5, 5.41) is 15.4. The molecule has 0 aliphatic heterocycles. The summed E-state index contributed by atoms with van der Waals surface area (Å²) in [4.78, 5) is 13.3. The Morgan fingerprint density at radius 1 is 1.04 bits per heavy atom. The van der Waals surface area contributed by atoms with Crippen LogP contribution in [0.3, 0.4) is 0 Å². The Hall–Kier alpha value is -2.30. The van der Waals surface area contributed by atoms with Gasteiger partial charge in [0.15, 0.2) is 0 Å². The number of nitrogens with one attached hydrogen (secondary N) is 1. The molecule has 3 nitrogen and oxygen atoms in total. The van der Waals surface area contributed by atoms with Crippen molar-refractivity contribution in [2.45, 2.75) is 11.0 Å². The lowest BCUT2D eigenvalue weighted by Crippen LogP contribution is -2.28. The van der Waals surface area contributed by atoms with Crippen LogP contribution in [0.1, 0.15) is 22.0 Å². The SMILES string of the molecule is CSc1ccccc1C(=O)NCC(O)c1cccc2ccccc12. The van der Waals surface area contributed by atoms with Crippen molar-refractivity contribution in [2.75, 3.05) is 12.8 Å². The molecule has 24 heavy (non-hydrogen) atoms. The molecule has 0 bridgehead atoms. The normalized spacial score (nSPS) is 12.1. The number of rotatable bonds is 5. The molecule has 0 aliphatic rings. The van der Waals surface area contributed by atoms with Crippen LogP contribution in [0, 0.1) is 0 Å². The maximum absolute atomic E-state index is 12.4. The van der Waals surface area contributed by atoms with Gasteiger partial charge in [-0.2, -0.15) is 0 Å². The number of benzene rings is 3. The molecule has 0 aliphatic carbocycles. The van der Waals surface area contributed by atoms with E-state index in [0.29, 0.717) is 5.56 Å². The van der Waals surface area contributed by atoms with Gasteiger partial charge in [0.2, 0.25) is 0 Å². The molecule has 0 saturated heterocycles. The van der Waals surface area contributed by atoms with E-state index in [1.165, 1.54) is 11.8 Å². The number of carbonyl (C=O) groups excluding carboxylic acids is 1. The fraction of sp³-hybridized carbons (Fsp3) is 0.150. The van der Waals surface area contributed by atoms with Crippen molar-refractivity contribution in [2.24, 2.45) is 0 Å². The molecular weight excluding hydrogens is 318 g/mol. The van der Waals surface area contributed by atoms with E-state index in [0.717, 1.165) is 21.2 Å². The minimum absolute atomic E-state index is 0.167. The lowest BCUT2D eigenvalue weighted by atomic mass is 10.0. The van der Waals surface area contributed by atoms with Crippen molar-refractivity contribution in [1.82, 2.24) is 5.32 Å². The van der Waals surface area contributed by atoms with Crippen LogP contribution in [0.2, 0.25) is 0 Å². The molecule has 4 heteroatoms. The van der Waals surface area contributed by atoms with Crippen molar-refractivity contribution in [1.29, 1.82) is 0 Å². The highest BCUT2D eigenvalue weighted by Gasteiger charge is 2.14. The van der Waals surface area contributed by atoms with Crippen LogP contribution in [-0.4, -0.2) is 23.8 Å². The predicted molar refractivity (Wildman–Crippen MR) is 99.5 cm³/mol. The highest BCUT2D eigenvalue weighted by Crippen LogP contribution is 2.24. The van der Waals surface area contributed by atoms with Gasteiger partial charge in [-0.05, 0) is 34.7 Å². The summed E-state index contributed by atoms with van der Waals surface area (Å²) in [6, 6.07) is 21.2. The second-order valence-electron chi connectivity index (χ2n) is 5.49. The fourth-order valence-corrected chi connectivity index (χ4v) is 3.36. The topological polar surface area (TPSA) is 49.3 Å². The quantitative estimate of drug-likeness (QED) is 0.691. The molecule has 0 fully saturated rings.